The Balaban J connectivity index is 2.05. The number of aliphatic hydroxyl groups is 1. The maximum absolute atomic E-state index is 13.0. The molecule has 1 heterocycles. The van der Waals surface area contributed by atoms with Crippen LogP contribution in [0.15, 0.2) is 54.1 Å². The molecule has 1 saturated heterocycles. The van der Waals surface area contributed by atoms with E-state index in [0.717, 1.165) is 0 Å². The monoisotopic (exact) mass is 425 g/mol. The molecule has 1 fully saturated rings. The molecule has 2 N–H and O–H groups in total. The van der Waals surface area contributed by atoms with Crippen LogP contribution in [0.4, 0.5) is 0 Å². The Labute approximate surface area is 181 Å². The van der Waals surface area contributed by atoms with Gasteiger partial charge in [-0.25, -0.2) is 0 Å². The average Bonchev–Trinajstić information content (AvgIpc) is 3.01. The fourth-order valence-electron chi connectivity index (χ4n) is 3.63. The van der Waals surface area contributed by atoms with E-state index in [1.807, 2.05) is 13.8 Å². The molecule has 7 heteroatoms. The van der Waals surface area contributed by atoms with Crippen LogP contribution in [0.25, 0.3) is 5.76 Å². The summed E-state index contributed by atoms with van der Waals surface area (Å²) >= 11 is 0. The lowest BCUT2D eigenvalue weighted by atomic mass is 9.95. The van der Waals surface area contributed by atoms with Crippen molar-refractivity contribution in [2.24, 2.45) is 0 Å². The first-order chi connectivity index (χ1) is 14.8. The van der Waals surface area contributed by atoms with Crippen molar-refractivity contribution in [2.45, 2.75) is 32.4 Å². The van der Waals surface area contributed by atoms with E-state index in [-0.39, 0.29) is 29.7 Å². The summed E-state index contributed by atoms with van der Waals surface area (Å²) in [5, 5.41) is 21.0. The van der Waals surface area contributed by atoms with Crippen LogP contribution in [0.1, 0.15) is 37.4 Å². The van der Waals surface area contributed by atoms with Crippen molar-refractivity contribution < 1.29 is 29.3 Å². The van der Waals surface area contributed by atoms with E-state index >= 15 is 0 Å². The number of methoxy groups -OCH3 is 1. The lowest BCUT2D eigenvalue weighted by Crippen LogP contribution is -2.31. The van der Waals surface area contributed by atoms with E-state index in [4.69, 9.17) is 9.47 Å². The van der Waals surface area contributed by atoms with Crippen molar-refractivity contribution in [2.75, 3.05) is 20.3 Å². The summed E-state index contributed by atoms with van der Waals surface area (Å²) in [7, 11) is 1.50. The van der Waals surface area contributed by atoms with Crippen LogP contribution in [-0.4, -0.2) is 53.2 Å². The SMILES string of the molecule is COc1cccc(C(O)=C2C(=O)C(=O)N(CCCOC(C)C)[C@H]2c2cccc(O)c2)c1. The van der Waals surface area contributed by atoms with Crippen molar-refractivity contribution >= 4 is 17.4 Å². The number of hydrogen-bond acceptors (Lipinski definition) is 6. The first-order valence-corrected chi connectivity index (χ1v) is 10.2. The molecule has 0 aromatic heterocycles. The number of Topliss-reactive ketones (excluding diaryl/α,β-unsaturated/α-hetero) is 1. The van der Waals surface area contributed by atoms with Gasteiger partial charge in [-0.2, -0.15) is 0 Å². The zero-order valence-corrected chi connectivity index (χ0v) is 17.9. The molecule has 0 aliphatic carbocycles. The number of carbonyl (C=O) groups is 2. The highest BCUT2D eigenvalue weighted by atomic mass is 16.5. The van der Waals surface area contributed by atoms with Crippen molar-refractivity contribution in [3.05, 3.63) is 65.2 Å². The van der Waals surface area contributed by atoms with Gasteiger partial charge < -0.3 is 24.6 Å². The molecule has 7 nitrogen and oxygen atoms in total. The molecule has 0 spiro atoms. The number of rotatable bonds is 8. The second-order valence-electron chi connectivity index (χ2n) is 7.59. The molecular formula is C24H27NO6. The summed E-state index contributed by atoms with van der Waals surface area (Å²) in [5.74, 6) is -1.22. The van der Waals surface area contributed by atoms with Crippen molar-refractivity contribution in [1.82, 2.24) is 4.90 Å². The van der Waals surface area contributed by atoms with Gasteiger partial charge in [0.25, 0.3) is 11.7 Å². The zero-order chi connectivity index (χ0) is 22.5. The van der Waals surface area contributed by atoms with E-state index in [1.54, 1.807) is 36.4 Å². The Hall–Kier alpha value is -3.32. The van der Waals surface area contributed by atoms with E-state index in [2.05, 4.69) is 0 Å². The quantitative estimate of drug-likeness (QED) is 0.290. The van der Waals surface area contributed by atoms with Crippen LogP contribution in [0.5, 0.6) is 11.5 Å². The predicted octanol–water partition coefficient (Wildman–Crippen LogP) is 3.64. The third-order valence-corrected chi connectivity index (χ3v) is 5.06. The van der Waals surface area contributed by atoms with Gasteiger partial charge in [-0.1, -0.05) is 24.3 Å². The fraction of sp³-hybridized carbons (Fsp3) is 0.333. The molecule has 0 saturated carbocycles. The number of ether oxygens (including phenoxy) is 2. The molecule has 0 radical (unpaired) electrons. The minimum atomic E-state index is -0.822. The Morgan fingerprint density at radius 1 is 1.13 bits per heavy atom. The first-order valence-electron chi connectivity index (χ1n) is 10.2. The Morgan fingerprint density at radius 2 is 1.87 bits per heavy atom. The molecule has 1 aliphatic heterocycles. The first kappa shape index (κ1) is 22.4. The van der Waals surface area contributed by atoms with E-state index in [9.17, 15) is 19.8 Å². The van der Waals surface area contributed by atoms with Crippen molar-refractivity contribution in [1.29, 1.82) is 0 Å². The van der Waals surface area contributed by atoms with Gasteiger partial charge in [0.05, 0.1) is 24.8 Å². The van der Waals surface area contributed by atoms with E-state index < -0.39 is 17.7 Å². The number of ketones is 1. The van der Waals surface area contributed by atoms with Crippen molar-refractivity contribution in [3.8, 4) is 11.5 Å². The number of phenols is 1. The van der Waals surface area contributed by atoms with Gasteiger partial charge in [-0.15, -0.1) is 0 Å². The van der Waals surface area contributed by atoms with Gasteiger partial charge in [-0.05, 0) is 50.1 Å². The number of nitrogens with zero attached hydrogens (tertiary/aromatic N) is 1. The second-order valence-corrected chi connectivity index (χ2v) is 7.59. The van der Waals surface area contributed by atoms with Gasteiger partial charge in [-0.3, -0.25) is 9.59 Å². The number of benzene rings is 2. The topological polar surface area (TPSA) is 96.3 Å². The highest BCUT2D eigenvalue weighted by molar-refractivity contribution is 6.46. The normalized spacial score (nSPS) is 18.1. The molecular weight excluding hydrogens is 398 g/mol. The van der Waals surface area contributed by atoms with Gasteiger partial charge in [0.2, 0.25) is 0 Å². The Kier molecular flexibility index (Phi) is 6.97. The number of amides is 1. The summed E-state index contributed by atoms with van der Waals surface area (Å²) < 4.78 is 10.8. The molecule has 0 bridgehead atoms. The predicted molar refractivity (Wildman–Crippen MR) is 116 cm³/mol. The van der Waals surface area contributed by atoms with Crippen LogP contribution in [0.3, 0.4) is 0 Å². The molecule has 3 rings (SSSR count). The lowest BCUT2D eigenvalue weighted by molar-refractivity contribution is -0.140. The molecule has 1 amide bonds. The van der Waals surface area contributed by atoms with E-state index in [1.165, 1.54) is 24.1 Å². The number of carbonyl (C=O) groups excluding carboxylic acids is 2. The van der Waals surface area contributed by atoms with Gasteiger partial charge in [0.15, 0.2) is 0 Å². The molecule has 31 heavy (non-hydrogen) atoms. The van der Waals surface area contributed by atoms with Crippen LogP contribution in [-0.2, 0) is 14.3 Å². The minimum absolute atomic E-state index is 0.00705. The Morgan fingerprint density at radius 3 is 2.55 bits per heavy atom. The van der Waals surface area contributed by atoms with Gasteiger partial charge in [0, 0.05) is 18.7 Å². The van der Waals surface area contributed by atoms with Crippen LogP contribution in [0.2, 0.25) is 0 Å². The zero-order valence-electron chi connectivity index (χ0n) is 17.9. The lowest BCUT2D eigenvalue weighted by Gasteiger charge is -2.25. The molecule has 2 aromatic rings. The third-order valence-electron chi connectivity index (χ3n) is 5.06. The average molecular weight is 425 g/mol. The highest BCUT2D eigenvalue weighted by Gasteiger charge is 2.45. The largest absolute Gasteiger partial charge is 0.508 e. The molecule has 164 valence electrons. The number of aromatic hydroxyl groups is 1. The fourth-order valence-corrected chi connectivity index (χ4v) is 3.63. The number of hydrogen-bond donors (Lipinski definition) is 2. The van der Waals surface area contributed by atoms with Gasteiger partial charge >= 0.3 is 0 Å². The summed E-state index contributed by atoms with van der Waals surface area (Å²) in [5.41, 5.74) is 0.882. The van der Waals surface area contributed by atoms with E-state index in [0.29, 0.717) is 29.9 Å². The van der Waals surface area contributed by atoms with Crippen LogP contribution in [0, 0.1) is 0 Å². The molecule has 1 atom stereocenters. The smallest absolute Gasteiger partial charge is 0.295 e. The number of phenolic OH excluding ortho intramolecular Hbond substituents is 1. The van der Waals surface area contributed by atoms with Crippen LogP contribution >= 0.6 is 0 Å². The number of likely N-dealkylation sites (tertiary alicyclic amines) is 1. The summed E-state index contributed by atoms with van der Waals surface area (Å²) in [6.45, 7) is 4.55. The number of aliphatic hydroxyl groups excluding tert-OH is 1. The molecule has 2 aromatic carbocycles. The summed E-state index contributed by atoms with van der Waals surface area (Å²) in [6, 6.07) is 12.2. The highest BCUT2D eigenvalue weighted by Crippen LogP contribution is 2.40. The summed E-state index contributed by atoms with van der Waals surface area (Å²) in [6.07, 6.45) is 0.588. The molecule has 1 aliphatic rings. The summed E-state index contributed by atoms with van der Waals surface area (Å²) in [4.78, 5) is 27.3. The third kappa shape index (κ3) is 4.88. The second kappa shape index (κ2) is 9.66. The Bertz CT molecular complexity index is 997. The molecule has 0 unspecified atom stereocenters. The van der Waals surface area contributed by atoms with Crippen LogP contribution < -0.4 is 4.74 Å². The maximum atomic E-state index is 13.0. The maximum Gasteiger partial charge on any atom is 0.295 e. The standard InChI is InChI=1S/C24H27NO6/c1-15(2)31-12-6-11-25-21(16-7-4-9-18(26)13-16)20(23(28)24(25)29)22(27)17-8-5-10-19(14-17)30-3/h4-5,7-10,13-15,21,26-27H,6,11-12H2,1-3H3/t21-/m0/s1. The van der Waals surface area contributed by atoms with Crippen molar-refractivity contribution in [3.63, 3.8) is 0 Å². The van der Waals surface area contributed by atoms with Gasteiger partial charge in [0.1, 0.15) is 17.3 Å². The minimum Gasteiger partial charge on any atom is -0.508 e.